The van der Waals surface area contributed by atoms with E-state index < -0.39 is 5.91 Å². The first kappa shape index (κ1) is 9.84. The molecule has 0 aliphatic carbocycles. The van der Waals surface area contributed by atoms with Gasteiger partial charge in [-0.15, -0.1) is 12.4 Å². The van der Waals surface area contributed by atoms with Crippen molar-refractivity contribution in [3.63, 3.8) is 0 Å². The first-order chi connectivity index (χ1) is 2.77. The van der Waals surface area contributed by atoms with Gasteiger partial charge in [0.1, 0.15) is 6.61 Å². The Morgan fingerprint density at radius 3 is 2.14 bits per heavy atom. The van der Waals surface area contributed by atoms with E-state index in [4.69, 9.17) is 0 Å². The smallest absolute Gasteiger partial charge is 0.245 e. The van der Waals surface area contributed by atoms with E-state index in [0.717, 1.165) is 0 Å². The second-order valence-electron chi connectivity index (χ2n) is 0.777. The van der Waals surface area contributed by atoms with Crippen molar-refractivity contribution in [3.05, 3.63) is 0 Å². The standard InChI is InChI=1S/C2H6N2O2.ClH/c3-2(5)1-6-4;/h1,4H2,(H2,3,5);1H. The molecule has 0 aromatic rings. The number of hydrogen-bond acceptors (Lipinski definition) is 3. The molecular weight excluding hydrogens is 119 g/mol. The van der Waals surface area contributed by atoms with Gasteiger partial charge >= 0.3 is 0 Å². The summed E-state index contributed by atoms with van der Waals surface area (Å²) in [5.41, 5.74) is 4.56. The Morgan fingerprint density at radius 2 is 2.14 bits per heavy atom. The van der Waals surface area contributed by atoms with Gasteiger partial charge in [-0.05, 0) is 0 Å². The number of carbonyl (C=O) groups is 1. The molecule has 0 heterocycles. The van der Waals surface area contributed by atoms with Gasteiger partial charge in [-0.1, -0.05) is 0 Å². The van der Waals surface area contributed by atoms with Gasteiger partial charge in [0.15, 0.2) is 0 Å². The summed E-state index contributed by atoms with van der Waals surface area (Å²) >= 11 is 0. The molecular formula is C2H7ClN2O2. The number of halogens is 1. The van der Waals surface area contributed by atoms with Crippen molar-refractivity contribution >= 4 is 18.3 Å². The third-order valence-electron chi connectivity index (χ3n) is 0.226. The topological polar surface area (TPSA) is 78.3 Å². The van der Waals surface area contributed by atoms with Crippen molar-refractivity contribution in [1.82, 2.24) is 0 Å². The summed E-state index contributed by atoms with van der Waals surface area (Å²) in [4.78, 5) is 13.4. The number of amides is 1. The van der Waals surface area contributed by atoms with Crippen molar-refractivity contribution in [3.8, 4) is 0 Å². The Kier molecular flexibility index (Phi) is 7.98. The van der Waals surface area contributed by atoms with Crippen LogP contribution in [0.2, 0.25) is 0 Å². The van der Waals surface area contributed by atoms with E-state index in [1.165, 1.54) is 0 Å². The second kappa shape index (κ2) is 5.68. The van der Waals surface area contributed by atoms with Gasteiger partial charge in [-0.2, -0.15) is 0 Å². The number of rotatable bonds is 2. The maximum atomic E-state index is 9.62. The zero-order valence-electron chi connectivity index (χ0n) is 3.59. The van der Waals surface area contributed by atoms with Crippen LogP contribution in [-0.2, 0) is 9.63 Å². The summed E-state index contributed by atoms with van der Waals surface area (Å²) in [5.74, 6) is 3.87. The van der Waals surface area contributed by atoms with Crippen LogP contribution in [0.5, 0.6) is 0 Å². The van der Waals surface area contributed by atoms with Crippen LogP contribution in [0.4, 0.5) is 0 Å². The molecule has 0 fully saturated rings. The Bertz CT molecular complexity index is 57.7. The third kappa shape index (κ3) is 10.7. The van der Waals surface area contributed by atoms with E-state index in [1.54, 1.807) is 0 Å². The summed E-state index contributed by atoms with van der Waals surface area (Å²) in [6.07, 6.45) is 0. The minimum absolute atomic E-state index is 0. The van der Waals surface area contributed by atoms with Crippen LogP contribution in [0.25, 0.3) is 0 Å². The predicted octanol–water partition coefficient (Wildman–Crippen LogP) is -1.22. The fraction of sp³-hybridized carbons (Fsp3) is 0.500. The van der Waals surface area contributed by atoms with Crippen molar-refractivity contribution < 1.29 is 9.63 Å². The number of carbonyl (C=O) groups excluding carboxylic acids is 1. The molecule has 4 nitrogen and oxygen atoms in total. The van der Waals surface area contributed by atoms with Gasteiger partial charge in [0, 0.05) is 0 Å². The van der Waals surface area contributed by atoms with E-state index in [1.807, 2.05) is 0 Å². The van der Waals surface area contributed by atoms with E-state index in [0.29, 0.717) is 0 Å². The summed E-state index contributed by atoms with van der Waals surface area (Å²) in [6.45, 7) is -0.208. The fourth-order valence-electron chi connectivity index (χ4n) is 0.0821. The molecule has 4 N–H and O–H groups in total. The highest BCUT2D eigenvalue weighted by atomic mass is 35.5. The molecule has 0 atom stereocenters. The minimum atomic E-state index is -0.558. The monoisotopic (exact) mass is 126 g/mol. The van der Waals surface area contributed by atoms with Crippen molar-refractivity contribution in [2.75, 3.05) is 6.61 Å². The average molecular weight is 127 g/mol. The molecule has 0 rings (SSSR count). The summed E-state index contributed by atoms with van der Waals surface area (Å²) < 4.78 is 0. The van der Waals surface area contributed by atoms with Crippen LogP contribution in [-0.4, -0.2) is 12.5 Å². The molecule has 0 aliphatic heterocycles. The lowest BCUT2D eigenvalue weighted by molar-refractivity contribution is -0.122. The zero-order chi connectivity index (χ0) is 4.99. The lowest BCUT2D eigenvalue weighted by atomic mass is 10.7. The zero-order valence-corrected chi connectivity index (χ0v) is 4.40. The lowest BCUT2D eigenvalue weighted by Gasteiger charge is -1.84. The summed E-state index contributed by atoms with van der Waals surface area (Å²) in [5, 5.41) is 0. The molecule has 7 heavy (non-hydrogen) atoms. The number of primary amides is 1. The van der Waals surface area contributed by atoms with Crippen LogP contribution in [0.1, 0.15) is 0 Å². The molecule has 0 radical (unpaired) electrons. The van der Waals surface area contributed by atoms with Gasteiger partial charge in [0.05, 0.1) is 0 Å². The molecule has 0 saturated carbocycles. The molecule has 5 heteroatoms. The van der Waals surface area contributed by atoms with Crippen molar-refractivity contribution in [1.29, 1.82) is 0 Å². The Labute approximate surface area is 47.2 Å². The van der Waals surface area contributed by atoms with Crippen LogP contribution < -0.4 is 11.6 Å². The van der Waals surface area contributed by atoms with Gasteiger partial charge in [0.2, 0.25) is 5.91 Å². The van der Waals surface area contributed by atoms with Gasteiger partial charge < -0.3 is 5.73 Å². The maximum Gasteiger partial charge on any atom is 0.245 e. The van der Waals surface area contributed by atoms with Gasteiger partial charge in [-0.25, -0.2) is 5.90 Å². The maximum absolute atomic E-state index is 9.62. The number of nitrogens with two attached hydrogens (primary N) is 2. The first-order valence-electron chi connectivity index (χ1n) is 1.37. The van der Waals surface area contributed by atoms with Crippen LogP contribution in [0.15, 0.2) is 0 Å². The second-order valence-corrected chi connectivity index (χ2v) is 0.777. The Balaban J connectivity index is 0. The fourth-order valence-corrected chi connectivity index (χ4v) is 0.0821. The summed E-state index contributed by atoms with van der Waals surface area (Å²) in [6, 6.07) is 0. The molecule has 0 aliphatic rings. The van der Waals surface area contributed by atoms with E-state index >= 15 is 0 Å². The molecule has 0 unspecified atom stereocenters. The van der Waals surface area contributed by atoms with E-state index in [2.05, 4.69) is 16.5 Å². The van der Waals surface area contributed by atoms with E-state index in [-0.39, 0.29) is 19.0 Å². The van der Waals surface area contributed by atoms with Gasteiger partial charge in [0.25, 0.3) is 0 Å². The molecule has 0 bridgehead atoms. The highest BCUT2D eigenvalue weighted by molar-refractivity contribution is 5.85. The van der Waals surface area contributed by atoms with E-state index in [9.17, 15) is 4.79 Å². The highest BCUT2D eigenvalue weighted by Gasteiger charge is 1.85. The number of hydrogen-bond donors (Lipinski definition) is 2. The normalized spacial score (nSPS) is 7.00. The minimum Gasteiger partial charge on any atom is -0.368 e. The van der Waals surface area contributed by atoms with Crippen LogP contribution in [0, 0.1) is 0 Å². The lowest BCUT2D eigenvalue weighted by Crippen LogP contribution is -2.20. The van der Waals surface area contributed by atoms with Gasteiger partial charge in [-0.3, -0.25) is 9.63 Å². The quantitative estimate of drug-likeness (QED) is 0.456. The molecule has 0 aromatic carbocycles. The highest BCUT2D eigenvalue weighted by Crippen LogP contribution is 1.53. The molecule has 0 saturated heterocycles. The van der Waals surface area contributed by atoms with Crippen LogP contribution >= 0.6 is 12.4 Å². The first-order valence-corrected chi connectivity index (χ1v) is 1.37. The predicted molar refractivity (Wildman–Crippen MR) is 26.6 cm³/mol. The largest absolute Gasteiger partial charge is 0.368 e. The average Bonchev–Trinajstić information content (AvgIpc) is 1.35. The molecule has 0 aromatic heterocycles. The molecule has 0 spiro atoms. The van der Waals surface area contributed by atoms with Crippen molar-refractivity contribution in [2.24, 2.45) is 11.6 Å². The Morgan fingerprint density at radius 1 is 1.71 bits per heavy atom. The SMILES string of the molecule is Cl.NOCC(N)=O. The molecule has 44 valence electrons. The Hall–Kier alpha value is -0.320. The van der Waals surface area contributed by atoms with Crippen molar-refractivity contribution in [2.45, 2.75) is 0 Å². The summed E-state index contributed by atoms with van der Waals surface area (Å²) in [7, 11) is 0. The molecule has 1 amide bonds. The van der Waals surface area contributed by atoms with Crippen LogP contribution in [0.3, 0.4) is 0 Å². The third-order valence-corrected chi connectivity index (χ3v) is 0.226.